The summed E-state index contributed by atoms with van der Waals surface area (Å²) < 4.78 is 4.97. The molecular weight excluding hydrogens is 248 g/mol. The number of likely N-dealkylation sites (tertiary alicyclic amines) is 1. The first kappa shape index (κ1) is 15.5. The first-order valence-electron chi connectivity index (χ1n) is 6.46. The molecule has 0 aromatic rings. The number of methoxy groups -OCH3 is 1. The zero-order chi connectivity index (χ0) is 14.3. The predicted octanol–water partition coefficient (Wildman–Crippen LogP) is 1.04. The molecule has 1 fully saturated rings. The normalized spacial score (nSPS) is 19.0. The summed E-state index contributed by atoms with van der Waals surface area (Å²) in [5.41, 5.74) is 0. The molecule has 0 bridgehead atoms. The van der Waals surface area contributed by atoms with Crippen molar-refractivity contribution in [2.45, 2.75) is 12.8 Å². The highest BCUT2D eigenvalue weighted by atomic mass is 16.5. The minimum Gasteiger partial charge on any atom is -0.481 e. The molecule has 1 saturated heterocycles. The van der Waals surface area contributed by atoms with Gasteiger partial charge in [0.05, 0.1) is 12.5 Å². The number of carboxylic acid groups (broad SMARTS) is 1. The Bertz CT molecular complexity index is 333. The van der Waals surface area contributed by atoms with E-state index in [9.17, 15) is 9.59 Å². The molecule has 1 heterocycles. The molecule has 0 aromatic heterocycles. The highest BCUT2D eigenvalue weighted by Crippen LogP contribution is 2.18. The highest BCUT2D eigenvalue weighted by Gasteiger charge is 2.30. The summed E-state index contributed by atoms with van der Waals surface area (Å²) in [6.45, 7) is 5.91. The lowest BCUT2D eigenvalue weighted by Gasteiger charge is -2.34. The van der Waals surface area contributed by atoms with Crippen molar-refractivity contribution in [2.24, 2.45) is 5.92 Å². The number of ether oxygens (including phenoxy) is 1. The zero-order valence-electron chi connectivity index (χ0n) is 11.4. The van der Waals surface area contributed by atoms with Crippen LogP contribution in [0, 0.1) is 5.92 Å². The highest BCUT2D eigenvalue weighted by molar-refractivity contribution is 5.76. The predicted molar refractivity (Wildman–Crippen MR) is 71.0 cm³/mol. The van der Waals surface area contributed by atoms with E-state index in [1.165, 1.54) is 0 Å². The van der Waals surface area contributed by atoms with Crippen LogP contribution in [0.25, 0.3) is 0 Å². The van der Waals surface area contributed by atoms with Gasteiger partial charge in [0.1, 0.15) is 0 Å². The van der Waals surface area contributed by atoms with Crippen LogP contribution in [-0.4, -0.2) is 66.8 Å². The number of rotatable bonds is 6. The minimum atomic E-state index is -0.829. The summed E-state index contributed by atoms with van der Waals surface area (Å²) in [7, 11) is 1.58. The molecular formula is C13H22N2O4. The van der Waals surface area contributed by atoms with Crippen molar-refractivity contribution in [3.05, 3.63) is 12.7 Å². The lowest BCUT2D eigenvalue weighted by Crippen LogP contribution is -2.49. The number of piperidine rings is 1. The Morgan fingerprint density at radius 1 is 1.58 bits per heavy atom. The molecule has 2 amide bonds. The van der Waals surface area contributed by atoms with E-state index in [1.807, 2.05) is 0 Å². The van der Waals surface area contributed by atoms with E-state index < -0.39 is 11.9 Å². The summed E-state index contributed by atoms with van der Waals surface area (Å²) in [5, 5.41) is 9.03. The summed E-state index contributed by atoms with van der Waals surface area (Å²) in [4.78, 5) is 26.6. The number of hydrogen-bond acceptors (Lipinski definition) is 3. The minimum absolute atomic E-state index is 0.136. The van der Waals surface area contributed by atoms with Crippen molar-refractivity contribution in [3.63, 3.8) is 0 Å². The van der Waals surface area contributed by atoms with Crippen molar-refractivity contribution >= 4 is 12.0 Å². The zero-order valence-corrected chi connectivity index (χ0v) is 11.4. The second-order valence-electron chi connectivity index (χ2n) is 4.63. The van der Waals surface area contributed by atoms with Gasteiger partial charge in [-0.1, -0.05) is 6.08 Å². The Balaban J connectivity index is 2.61. The summed E-state index contributed by atoms with van der Waals surface area (Å²) in [6, 6.07) is -0.136. The van der Waals surface area contributed by atoms with Crippen molar-refractivity contribution in [1.29, 1.82) is 0 Å². The molecule has 108 valence electrons. The van der Waals surface area contributed by atoms with Gasteiger partial charge in [0.25, 0.3) is 0 Å². The van der Waals surface area contributed by atoms with Crippen LogP contribution in [0.1, 0.15) is 12.8 Å². The van der Waals surface area contributed by atoms with Crippen LogP contribution in [0.4, 0.5) is 4.79 Å². The SMILES string of the molecule is C=CCN(CCOC)C(=O)N1CCCC(C(=O)O)C1. The molecule has 1 unspecified atom stereocenters. The first-order valence-corrected chi connectivity index (χ1v) is 6.46. The van der Waals surface area contributed by atoms with E-state index in [0.717, 1.165) is 6.42 Å². The molecule has 0 aliphatic carbocycles. The van der Waals surface area contributed by atoms with E-state index in [0.29, 0.717) is 32.7 Å². The van der Waals surface area contributed by atoms with Gasteiger partial charge in [-0.3, -0.25) is 4.79 Å². The van der Waals surface area contributed by atoms with Crippen molar-refractivity contribution in [2.75, 3.05) is 39.9 Å². The second-order valence-corrected chi connectivity index (χ2v) is 4.63. The maximum absolute atomic E-state index is 12.3. The summed E-state index contributed by atoms with van der Waals surface area (Å²) in [6.07, 6.45) is 3.03. The third-order valence-electron chi connectivity index (χ3n) is 3.23. The van der Waals surface area contributed by atoms with Crippen LogP contribution >= 0.6 is 0 Å². The third kappa shape index (κ3) is 4.55. The number of carbonyl (C=O) groups is 2. The van der Waals surface area contributed by atoms with Gasteiger partial charge < -0.3 is 19.6 Å². The number of amides is 2. The van der Waals surface area contributed by atoms with E-state index in [2.05, 4.69) is 6.58 Å². The van der Waals surface area contributed by atoms with Gasteiger partial charge in [-0.25, -0.2) is 4.79 Å². The number of aliphatic carboxylic acids is 1. The Labute approximate surface area is 113 Å². The van der Waals surface area contributed by atoms with E-state index in [4.69, 9.17) is 9.84 Å². The molecule has 1 rings (SSSR count). The molecule has 1 aliphatic rings. The quantitative estimate of drug-likeness (QED) is 0.732. The monoisotopic (exact) mass is 270 g/mol. The van der Waals surface area contributed by atoms with Crippen LogP contribution in [0.15, 0.2) is 12.7 Å². The molecule has 1 aliphatic heterocycles. The van der Waals surface area contributed by atoms with E-state index in [1.54, 1.807) is 23.0 Å². The molecule has 1 N–H and O–H groups in total. The number of hydrogen-bond donors (Lipinski definition) is 1. The average Bonchev–Trinajstić information content (AvgIpc) is 2.42. The van der Waals surface area contributed by atoms with Crippen LogP contribution < -0.4 is 0 Å². The fourth-order valence-electron chi connectivity index (χ4n) is 2.17. The average molecular weight is 270 g/mol. The standard InChI is InChI=1S/C13H22N2O4/c1-3-6-14(8-9-19-2)13(18)15-7-4-5-11(10-15)12(16)17/h3,11H,1,4-10H2,2H3,(H,16,17). The Morgan fingerprint density at radius 2 is 2.32 bits per heavy atom. The van der Waals surface area contributed by atoms with Gasteiger partial charge in [0.2, 0.25) is 0 Å². The molecule has 0 saturated carbocycles. The summed E-state index contributed by atoms with van der Waals surface area (Å²) in [5.74, 6) is -1.28. The molecule has 0 radical (unpaired) electrons. The van der Waals surface area contributed by atoms with Gasteiger partial charge in [0, 0.05) is 33.3 Å². The maximum Gasteiger partial charge on any atom is 0.320 e. The second kappa shape index (κ2) is 7.78. The van der Waals surface area contributed by atoms with E-state index in [-0.39, 0.29) is 12.6 Å². The topological polar surface area (TPSA) is 70.1 Å². The lowest BCUT2D eigenvalue weighted by atomic mass is 9.99. The van der Waals surface area contributed by atoms with Gasteiger partial charge in [-0.2, -0.15) is 0 Å². The van der Waals surface area contributed by atoms with Gasteiger partial charge >= 0.3 is 12.0 Å². The smallest absolute Gasteiger partial charge is 0.320 e. The Hall–Kier alpha value is -1.56. The van der Waals surface area contributed by atoms with Crippen LogP contribution in [-0.2, 0) is 9.53 Å². The Kier molecular flexibility index (Phi) is 6.35. The van der Waals surface area contributed by atoms with Crippen molar-refractivity contribution < 1.29 is 19.4 Å². The summed E-state index contributed by atoms with van der Waals surface area (Å²) >= 11 is 0. The third-order valence-corrected chi connectivity index (χ3v) is 3.23. The molecule has 1 atom stereocenters. The lowest BCUT2D eigenvalue weighted by molar-refractivity contribution is -0.143. The van der Waals surface area contributed by atoms with Gasteiger partial charge in [0.15, 0.2) is 0 Å². The number of urea groups is 1. The van der Waals surface area contributed by atoms with E-state index >= 15 is 0 Å². The van der Waals surface area contributed by atoms with Gasteiger partial charge in [-0.05, 0) is 12.8 Å². The number of nitrogens with zero attached hydrogens (tertiary/aromatic N) is 2. The number of carbonyl (C=O) groups excluding carboxylic acids is 1. The fraction of sp³-hybridized carbons (Fsp3) is 0.692. The molecule has 0 aromatic carbocycles. The van der Waals surface area contributed by atoms with Gasteiger partial charge in [-0.15, -0.1) is 6.58 Å². The van der Waals surface area contributed by atoms with Crippen LogP contribution in [0.2, 0.25) is 0 Å². The maximum atomic E-state index is 12.3. The molecule has 6 nitrogen and oxygen atoms in total. The van der Waals surface area contributed by atoms with Crippen molar-refractivity contribution in [3.8, 4) is 0 Å². The Morgan fingerprint density at radius 3 is 2.89 bits per heavy atom. The largest absolute Gasteiger partial charge is 0.481 e. The van der Waals surface area contributed by atoms with Crippen LogP contribution in [0.3, 0.4) is 0 Å². The fourth-order valence-corrected chi connectivity index (χ4v) is 2.17. The first-order chi connectivity index (χ1) is 9.10. The van der Waals surface area contributed by atoms with Crippen LogP contribution in [0.5, 0.6) is 0 Å². The molecule has 6 heteroatoms. The number of carboxylic acids is 1. The van der Waals surface area contributed by atoms with Crippen molar-refractivity contribution in [1.82, 2.24) is 9.80 Å². The molecule has 0 spiro atoms. The molecule has 19 heavy (non-hydrogen) atoms.